The third kappa shape index (κ3) is 4.35. The number of hydrogen-bond donors (Lipinski definition) is 1. The molecule has 0 saturated carbocycles. The van der Waals surface area contributed by atoms with Gasteiger partial charge in [0.05, 0.1) is 7.11 Å². The minimum Gasteiger partial charge on any atom is -0.495 e. The standard InChI is InChI=1S/C18H21N5O3S/c1-26-16-4-2-3-5-17(16)27(24,25)22-13-14-6-10-23(11-7-14)18-15(12-19)20-8-9-21-18/h2-5,8-9,14,22H,6-7,10-11,13H2,1H3. The van der Waals surface area contributed by atoms with Gasteiger partial charge in [0.1, 0.15) is 16.7 Å². The van der Waals surface area contributed by atoms with Gasteiger partial charge in [-0.1, -0.05) is 12.1 Å². The van der Waals surface area contributed by atoms with E-state index in [-0.39, 0.29) is 10.8 Å². The molecule has 142 valence electrons. The summed E-state index contributed by atoms with van der Waals surface area (Å²) in [7, 11) is -2.18. The fourth-order valence-electron chi connectivity index (χ4n) is 3.14. The van der Waals surface area contributed by atoms with Gasteiger partial charge in [0.2, 0.25) is 10.0 Å². The van der Waals surface area contributed by atoms with Gasteiger partial charge in [-0.3, -0.25) is 0 Å². The van der Waals surface area contributed by atoms with Crippen LogP contribution < -0.4 is 14.4 Å². The largest absolute Gasteiger partial charge is 0.495 e. The predicted octanol–water partition coefficient (Wildman–Crippen LogP) is 1.55. The highest BCUT2D eigenvalue weighted by Gasteiger charge is 2.25. The van der Waals surface area contributed by atoms with E-state index in [0.29, 0.717) is 36.9 Å². The molecule has 27 heavy (non-hydrogen) atoms. The minimum absolute atomic E-state index is 0.142. The Morgan fingerprint density at radius 3 is 2.67 bits per heavy atom. The summed E-state index contributed by atoms with van der Waals surface area (Å²) in [4.78, 5) is 10.5. The van der Waals surface area contributed by atoms with Gasteiger partial charge in [-0.05, 0) is 30.9 Å². The number of nitrogens with zero attached hydrogens (tertiary/aromatic N) is 4. The molecule has 0 unspecified atom stereocenters. The third-order valence-corrected chi connectivity index (χ3v) is 6.08. The van der Waals surface area contributed by atoms with Gasteiger partial charge in [0.15, 0.2) is 11.5 Å². The quantitative estimate of drug-likeness (QED) is 0.801. The zero-order valence-electron chi connectivity index (χ0n) is 15.0. The number of methoxy groups -OCH3 is 1. The highest BCUT2D eigenvalue weighted by Crippen LogP contribution is 2.25. The second kappa shape index (κ2) is 8.33. The van der Waals surface area contributed by atoms with Crippen LogP contribution in [0.5, 0.6) is 5.75 Å². The highest BCUT2D eigenvalue weighted by atomic mass is 32.2. The van der Waals surface area contributed by atoms with Crippen molar-refractivity contribution < 1.29 is 13.2 Å². The predicted molar refractivity (Wildman–Crippen MR) is 99.9 cm³/mol. The van der Waals surface area contributed by atoms with Crippen molar-refractivity contribution >= 4 is 15.8 Å². The number of rotatable bonds is 6. The summed E-state index contributed by atoms with van der Waals surface area (Å²) in [6.45, 7) is 1.77. The van der Waals surface area contributed by atoms with Crippen molar-refractivity contribution in [1.82, 2.24) is 14.7 Å². The molecule has 0 spiro atoms. The van der Waals surface area contributed by atoms with Gasteiger partial charge in [0.25, 0.3) is 0 Å². The van der Waals surface area contributed by atoms with Gasteiger partial charge in [-0.15, -0.1) is 0 Å². The SMILES string of the molecule is COc1ccccc1S(=O)(=O)NCC1CCN(c2nccnc2C#N)CC1. The molecule has 1 aromatic carbocycles. The first-order valence-corrected chi connectivity index (χ1v) is 10.1. The lowest BCUT2D eigenvalue weighted by Crippen LogP contribution is -2.39. The van der Waals surface area contributed by atoms with E-state index in [1.54, 1.807) is 24.4 Å². The van der Waals surface area contributed by atoms with E-state index >= 15 is 0 Å². The molecular formula is C18H21N5O3S. The molecule has 1 saturated heterocycles. The highest BCUT2D eigenvalue weighted by molar-refractivity contribution is 7.89. The summed E-state index contributed by atoms with van der Waals surface area (Å²) in [6.07, 6.45) is 4.68. The van der Waals surface area contributed by atoms with Gasteiger partial charge < -0.3 is 9.64 Å². The lowest BCUT2D eigenvalue weighted by Gasteiger charge is -2.32. The molecule has 2 heterocycles. The Morgan fingerprint density at radius 2 is 1.96 bits per heavy atom. The number of sulfonamides is 1. The number of nitriles is 1. The van der Waals surface area contributed by atoms with E-state index in [0.717, 1.165) is 12.8 Å². The Kier molecular flexibility index (Phi) is 5.88. The maximum Gasteiger partial charge on any atom is 0.244 e. The maximum atomic E-state index is 12.6. The molecule has 1 N–H and O–H groups in total. The number of para-hydroxylation sites is 1. The van der Waals surface area contributed by atoms with E-state index in [2.05, 4.69) is 20.8 Å². The van der Waals surface area contributed by atoms with E-state index < -0.39 is 10.0 Å². The Hall–Kier alpha value is -2.70. The Labute approximate surface area is 158 Å². The second-order valence-corrected chi connectivity index (χ2v) is 8.01. The van der Waals surface area contributed by atoms with Crippen LogP contribution in [-0.2, 0) is 10.0 Å². The van der Waals surface area contributed by atoms with Crippen molar-refractivity contribution in [2.75, 3.05) is 31.6 Å². The van der Waals surface area contributed by atoms with Crippen molar-refractivity contribution in [1.29, 1.82) is 5.26 Å². The number of aromatic nitrogens is 2. The van der Waals surface area contributed by atoms with Crippen LogP contribution >= 0.6 is 0 Å². The Morgan fingerprint density at radius 1 is 1.26 bits per heavy atom. The van der Waals surface area contributed by atoms with Crippen molar-refractivity contribution in [3.8, 4) is 11.8 Å². The minimum atomic E-state index is -3.63. The summed E-state index contributed by atoms with van der Waals surface area (Å²) in [5.41, 5.74) is 0.313. The van der Waals surface area contributed by atoms with Gasteiger partial charge in [-0.25, -0.2) is 23.1 Å². The van der Waals surface area contributed by atoms with E-state index in [1.807, 2.05) is 4.90 Å². The lowest BCUT2D eigenvalue weighted by atomic mass is 9.97. The average Bonchev–Trinajstić information content (AvgIpc) is 2.72. The summed E-state index contributed by atoms with van der Waals surface area (Å²) in [5, 5.41) is 9.16. The molecule has 8 nitrogen and oxygen atoms in total. The number of benzene rings is 1. The second-order valence-electron chi connectivity index (χ2n) is 6.27. The van der Waals surface area contributed by atoms with E-state index in [4.69, 9.17) is 10.00 Å². The van der Waals surface area contributed by atoms with Gasteiger partial charge in [0, 0.05) is 32.0 Å². The molecule has 2 aromatic rings. The number of nitrogens with one attached hydrogen (secondary N) is 1. The lowest BCUT2D eigenvalue weighted by molar-refractivity contribution is 0.395. The molecule has 0 amide bonds. The first kappa shape index (κ1) is 19.1. The maximum absolute atomic E-state index is 12.6. The first-order chi connectivity index (χ1) is 13.0. The van der Waals surface area contributed by atoms with Gasteiger partial charge in [-0.2, -0.15) is 5.26 Å². The fraction of sp³-hybridized carbons (Fsp3) is 0.389. The van der Waals surface area contributed by atoms with Crippen LogP contribution in [0.15, 0.2) is 41.6 Å². The van der Waals surface area contributed by atoms with Crippen molar-refractivity contribution in [2.24, 2.45) is 5.92 Å². The molecule has 1 aromatic heterocycles. The molecule has 0 aliphatic carbocycles. The number of anilines is 1. The molecule has 0 bridgehead atoms. The smallest absolute Gasteiger partial charge is 0.244 e. The summed E-state index contributed by atoms with van der Waals surface area (Å²) in [6, 6.07) is 8.62. The molecule has 9 heteroatoms. The summed E-state index contributed by atoms with van der Waals surface area (Å²) >= 11 is 0. The van der Waals surface area contributed by atoms with Crippen LogP contribution in [0, 0.1) is 17.2 Å². The monoisotopic (exact) mass is 387 g/mol. The molecule has 1 fully saturated rings. The Balaban J connectivity index is 1.59. The number of piperidine rings is 1. The molecular weight excluding hydrogens is 366 g/mol. The van der Waals surface area contributed by atoms with Crippen molar-refractivity contribution in [3.63, 3.8) is 0 Å². The number of hydrogen-bond acceptors (Lipinski definition) is 7. The summed E-state index contributed by atoms with van der Waals surface area (Å²) < 4.78 is 33.0. The topological polar surface area (TPSA) is 108 Å². The zero-order valence-corrected chi connectivity index (χ0v) is 15.8. The first-order valence-electron chi connectivity index (χ1n) is 8.64. The van der Waals surface area contributed by atoms with Crippen LogP contribution in [0.3, 0.4) is 0 Å². The van der Waals surface area contributed by atoms with Crippen molar-refractivity contribution in [3.05, 3.63) is 42.4 Å². The molecule has 0 radical (unpaired) electrons. The molecule has 0 atom stereocenters. The van der Waals surface area contributed by atoms with Crippen LogP contribution in [0.4, 0.5) is 5.82 Å². The van der Waals surface area contributed by atoms with Gasteiger partial charge >= 0.3 is 0 Å². The average molecular weight is 387 g/mol. The third-order valence-electron chi connectivity index (χ3n) is 4.62. The van der Waals surface area contributed by atoms with E-state index in [1.165, 1.54) is 19.4 Å². The van der Waals surface area contributed by atoms with Crippen LogP contribution in [0.25, 0.3) is 0 Å². The number of ether oxygens (including phenoxy) is 1. The molecule has 3 rings (SSSR count). The van der Waals surface area contributed by atoms with Crippen LogP contribution in [0.1, 0.15) is 18.5 Å². The Bertz CT molecular complexity index is 934. The van der Waals surface area contributed by atoms with Crippen molar-refractivity contribution in [2.45, 2.75) is 17.7 Å². The molecule has 1 aliphatic heterocycles. The normalized spacial score (nSPS) is 15.3. The van der Waals surface area contributed by atoms with Crippen LogP contribution in [-0.4, -0.2) is 45.1 Å². The van der Waals surface area contributed by atoms with E-state index in [9.17, 15) is 8.42 Å². The van der Waals surface area contributed by atoms with Crippen LogP contribution in [0.2, 0.25) is 0 Å². The fourth-order valence-corrected chi connectivity index (χ4v) is 4.42. The zero-order chi connectivity index (χ0) is 19.3. The molecule has 1 aliphatic rings. The summed E-state index contributed by atoms with van der Waals surface area (Å²) in [5.74, 6) is 1.13.